The summed E-state index contributed by atoms with van der Waals surface area (Å²) in [7, 11) is -2.84. The fourth-order valence-electron chi connectivity index (χ4n) is 4.96. The number of ether oxygens (including phenoxy) is 1. The molecule has 10 heteroatoms. The first kappa shape index (κ1) is 34.2. The molecule has 2 amide bonds. The average Bonchev–Trinajstić information content (AvgIpc) is 3.07. The van der Waals surface area contributed by atoms with Crippen LogP contribution in [0.5, 0.6) is 5.75 Å². The van der Waals surface area contributed by atoms with Crippen LogP contribution in [0.1, 0.15) is 36.5 Å². The quantitative estimate of drug-likeness (QED) is 0.163. The minimum Gasteiger partial charge on any atom is -0.497 e. The molecule has 0 bridgehead atoms. The summed E-state index contributed by atoms with van der Waals surface area (Å²) in [5.74, 6) is -1.01. The number of hydrogen-bond donors (Lipinski definition) is 1. The Morgan fingerprint density at radius 3 is 2.13 bits per heavy atom. The molecule has 0 aromatic heterocycles. The second-order valence-electron chi connectivity index (χ2n) is 11.0. The van der Waals surface area contributed by atoms with Gasteiger partial charge in [0.15, 0.2) is 0 Å². The van der Waals surface area contributed by atoms with E-state index in [0.717, 1.165) is 46.0 Å². The number of aryl methyl sites for hydroxylation is 1. The zero-order chi connectivity index (χ0) is 33.1. The molecule has 1 unspecified atom stereocenters. The first-order chi connectivity index (χ1) is 22.1. The van der Waals surface area contributed by atoms with E-state index in [1.807, 2.05) is 68.4 Å². The molecule has 0 spiro atoms. The number of benzene rings is 4. The molecule has 4 aromatic carbocycles. The van der Waals surface area contributed by atoms with Crippen LogP contribution in [0.25, 0.3) is 0 Å². The topological polar surface area (TPSA) is 96.0 Å². The number of halogens is 1. The van der Waals surface area contributed by atoms with Crippen LogP contribution in [0.15, 0.2) is 108 Å². The third kappa shape index (κ3) is 8.94. The van der Waals surface area contributed by atoms with Crippen LogP contribution in [0.3, 0.4) is 0 Å². The molecule has 8 nitrogen and oxygen atoms in total. The highest BCUT2D eigenvalue weighted by Gasteiger charge is 2.34. The number of sulfonamides is 1. The van der Waals surface area contributed by atoms with Crippen LogP contribution in [-0.2, 0) is 32.6 Å². The molecular formula is C36H40FN3O5S. The van der Waals surface area contributed by atoms with Crippen molar-refractivity contribution >= 4 is 27.5 Å². The van der Waals surface area contributed by atoms with Gasteiger partial charge >= 0.3 is 0 Å². The lowest BCUT2D eigenvalue weighted by atomic mass is 10.0. The van der Waals surface area contributed by atoms with Crippen LogP contribution < -0.4 is 14.4 Å². The van der Waals surface area contributed by atoms with E-state index in [2.05, 4.69) is 5.32 Å². The summed E-state index contributed by atoms with van der Waals surface area (Å²) in [6, 6.07) is 26.8. The van der Waals surface area contributed by atoms with Gasteiger partial charge in [-0.05, 0) is 73.0 Å². The standard InChI is InChI=1S/C36H40FN3O5S/c1-4-5-23-38-36(42)34(24-28-9-7-6-8-10-28)39(25-29-13-11-27(2)12-14-29)35(41)26-40(31-17-15-30(37)16-18-31)46(43,44)33-21-19-32(45-3)20-22-33/h6-22,34H,4-5,23-26H2,1-3H3,(H,38,42). The zero-order valence-electron chi connectivity index (χ0n) is 26.4. The SMILES string of the molecule is CCCCNC(=O)C(Cc1ccccc1)N(Cc1ccc(C)cc1)C(=O)CN(c1ccc(F)cc1)S(=O)(=O)c1ccc(OC)cc1. The third-order valence-corrected chi connectivity index (χ3v) is 9.40. The van der Waals surface area contributed by atoms with Crippen molar-refractivity contribution in [3.63, 3.8) is 0 Å². The lowest BCUT2D eigenvalue weighted by molar-refractivity contribution is -0.140. The van der Waals surface area contributed by atoms with Crippen LogP contribution in [-0.4, -0.2) is 51.4 Å². The van der Waals surface area contributed by atoms with Gasteiger partial charge in [0.2, 0.25) is 11.8 Å². The molecule has 1 N–H and O–H groups in total. The first-order valence-corrected chi connectivity index (χ1v) is 16.7. The van der Waals surface area contributed by atoms with E-state index in [-0.39, 0.29) is 29.5 Å². The van der Waals surface area contributed by atoms with Crippen molar-refractivity contribution in [2.24, 2.45) is 0 Å². The van der Waals surface area contributed by atoms with Crippen molar-refractivity contribution in [2.75, 3.05) is 24.5 Å². The van der Waals surface area contributed by atoms with Gasteiger partial charge in [0.1, 0.15) is 24.2 Å². The van der Waals surface area contributed by atoms with Crippen LogP contribution in [0.4, 0.5) is 10.1 Å². The molecule has 0 aliphatic rings. The number of rotatable bonds is 15. The summed E-state index contributed by atoms with van der Waals surface area (Å²) in [6.45, 7) is 3.86. The monoisotopic (exact) mass is 645 g/mol. The Kier molecular flexibility index (Phi) is 11.9. The Morgan fingerprint density at radius 1 is 0.870 bits per heavy atom. The van der Waals surface area contributed by atoms with Gasteiger partial charge in [-0.3, -0.25) is 13.9 Å². The number of unbranched alkanes of at least 4 members (excludes halogenated alkanes) is 1. The Morgan fingerprint density at radius 2 is 1.52 bits per heavy atom. The predicted octanol–water partition coefficient (Wildman–Crippen LogP) is 5.89. The van der Waals surface area contributed by atoms with Gasteiger partial charge in [0, 0.05) is 19.5 Å². The minimum absolute atomic E-state index is 0.0671. The molecule has 1 atom stereocenters. The summed E-state index contributed by atoms with van der Waals surface area (Å²) < 4.78 is 48.2. The lowest BCUT2D eigenvalue weighted by Gasteiger charge is -2.34. The van der Waals surface area contributed by atoms with Gasteiger partial charge in [-0.25, -0.2) is 12.8 Å². The molecule has 4 aromatic rings. The number of anilines is 1. The average molecular weight is 646 g/mol. The molecule has 46 heavy (non-hydrogen) atoms. The third-order valence-electron chi connectivity index (χ3n) is 7.62. The number of carbonyl (C=O) groups is 2. The summed E-state index contributed by atoms with van der Waals surface area (Å²) in [5, 5.41) is 2.97. The van der Waals surface area contributed by atoms with Crippen molar-refractivity contribution in [2.45, 2.75) is 50.6 Å². The molecular weight excluding hydrogens is 605 g/mol. The van der Waals surface area contributed by atoms with E-state index in [0.29, 0.717) is 12.3 Å². The number of nitrogens with zero attached hydrogens (tertiary/aromatic N) is 2. The predicted molar refractivity (Wildman–Crippen MR) is 178 cm³/mol. The van der Waals surface area contributed by atoms with E-state index in [4.69, 9.17) is 4.74 Å². The van der Waals surface area contributed by atoms with E-state index >= 15 is 0 Å². The zero-order valence-corrected chi connectivity index (χ0v) is 27.2. The normalized spacial score (nSPS) is 11.8. The maximum Gasteiger partial charge on any atom is 0.264 e. The van der Waals surface area contributed by atoms with E-state index in [9.17, 15) is 22.4 Å². The highest BCUT2D eigenvalue weighted by atomic mass is 32.2. The minimum atomic E-state index is -4.31. The van der Waals surface area contributed by atoms with Gasteiger partial charge in [-0.15, -0.1) is 0 Å². The van der Waals surface area contributed by atoms with Gasteiger partial charge in [-0.1, -0.05) is 73.5 Å². The number of amides is 2. The molecule has 0 saturated carbocycles. The van der Waals surface area contributed by atoms with Gasteiger partial charge in [-0.2, -0.15) is 0 Å². The highest BCUT2D eigenvalue weighted by Crippen LogP contribution is 2.26. The number of nitrogens with one attached hydrogen (secondary N) is 1. The summed E-state index contributed by atoms with van der Waals surface area (Å²) in [4.78, 5) is 29.6. The molecule has 4 rings (SSSR count). The summed E-state index contributed by atoms with van der Waals surface area (Å²) >= 11 is 0. The van der Waals surface area contributed by atoms with Gasteiger partial charge in [0.25, 0.3) is 10.0 Å². The first-order valence-electron chi connectivity index (χ1n) is 15.2. The van der Waals surface area contributed by atoms with Gasteiger partial charge < -0.3 is 15.0 Å². The Balaban J connectivity index is 1.78. The fraction of sp³-hybridized carbons (Fsp3) is 0.278. The van der Waals surface area contributed by atoms with Crippen molar-refractivity contribution in [1.82, 2.24) is 10.2 Å². The Bertz CT molecular complexity index is 1680. The smallest absolute Gasteiger partial charge is 0.264 e. The molecule has 0 saturated heterocycles. The molecule has 0 heterocycles. The Hall–Kier alpha value is -4.70. The second-order valence-corrected chi connectivity index (χ2v) is 12.9. The van der Waals surface area contributed by atoms with Gasteiger partial charge in [0.05, 0.1) is 17.7 Å². The van der Waals surface area contributed by atoms with Crippen molar-refractivity contribution in [3.8, 4) is 5.75 Å². The summed E-state index contributed by atoms with van der Waals surface area (Å²) in [6.07, 6.45) is 1.87. The maximum absolute atomic E-state index is 14.5. The van der Waals surface area contributed by atoms with E-state index < -0.39 is 34.3 Å². The number of carbonyl (C=O) groups excluding carboxylic acids is 2. The van der Waals surface area contributed by atoms with E-state index in [1.165, 1.54) is 48.4 Å². The van der Waals surface area contributed by atoms with Crippen LogP contribution in [0, 0.1) is 12.7 Å². The highest BCUT2D eigenvalue weighted by molar-refractivity contribution is 7.92. The second kappa shape index (κ2) is 16.0. The molecule has 242 valence electrons. The lowest BCUT2D eigenvalue weighted by Crippen LogP contribution is -2.53. The van der Waals surface area contributed by atoms with Crippen molar-refractivity contribution in [1.29, 1.82) is 0 Å². The fourth-order valence-corrected chi connectivity index (χ4v) is 6.38. The van der Waals surface area contributed by atoms with Crippen LogP contribution >= 0.6 is 0 Å². The van der Waals surface area contributed by atoms with E-state index in [1.54, 1.807) is 0 Å². The number of methoxy groups -OCH3 is 1. The van der Waals surface area contributed by atoms with Crippen molar-refractivity contribution in [3.05, 3.63) is 126 Å². The summed E-state index contributed by atoms with van der Waals surface area (Å²) in [5.41, 5.74) is 2.77. The molecule has 0 aliphatic carbocycles. The molecule has 0 fully saturated rings. The number of hydrogen-bond acceptors (Lipinski definition) is 5. The Labute approximate surface area is 270 Å². The largest absolute Gasteiger partial charge is 0.497 e. The van der Waals surface area contributed by atoms with Crippen molar-refractivity contribution < 1.29 is 27.1 Å². The molecule has 0 radical (unpaired) electrons. The van der Waals surface area contributed by atoms with Crippen LogP contribution in [0.2, 0.25) is 0 Å². The maximum atomic E-state index is 14.5. The molecule has 0 aliphatic heterocycles.